The number of hydrogen-bond acceptors (Lipinski definition) is 4. The van der Waals surface area contributed by atoms with Crippen LogP contribution in [0.3, 0.4) is 0 Å². The third kappa shape index (κ3) is 1.41. The second-order valence-electron chi connectivity index (χ2n) is 3.01. The van der Waals surface area contributed by atoms with Crippen LogP contribution in [-0.4, -0.2) is 26.0 Å². The zero-order valence-corrected chi connectivity index (χ0v) is 7.66. The number of carboxylic acid groups (broad SMARTS) is 1. The minimum absolute atomic E-state index is 0.100. The number of aromatic amines is 3. The lowest BCUT2D eigenvalue weighted by molar-refractivity contribution is 0.0695. The first-order valence-corrected chi connectivity index (χ1v) is 4.12. The third-order valence-electron chi connectivity index (χ3n) is 1.98. The molecule has 0 fully saturated rings. The maximum absolute atomic E-state index is 11.3. The largest absolute Gasteiger partial charge is 0.477 e. The molecule has 82 valence electrons. The van der Waals surface area contributed by atoms with Gasteiger partial charge in [0.25, 0.3) is 11.1 Å². The Balaban J connectivity index is 3.02. The zero-order chi connectivity index (χ0) is 11.9. The van der Waals surface area contributed by atoms with E-state index in [0.29, 0.717) is 0 Å². The van der Waals surface area contributed by atoms with Gasteiger partial charge in [-0.25, -0.2) is 9.59 Å². The van der Waals surface area contributed by atoms with Crippen molar-refractivity contribution in [1.29, 1.82) is 0 Å². The van der Waals surface area contributed by atoms with Gasteiger partial charge in [0.2, 0.25) is 0 Å². The van der Waals surface area contributed by atoms with Gasteiger partial charge in [-0.1, -0.05) is 0 Å². The molecule has 0 atom stereocenters. The SMILES string of the molecule is O=C(O)c1cc2c(=O)[nH]c(=O)[nH]c2[nH]c1=O. The molecule has 0 saturated heterocycles. The van der Waals surface area contributed by atoms with Crippen LogP contribution in [0.5, 0.6) is 0 Å². The number of carboxylic acids is 1. The maximum atomic E-state index is 11.3. The summed E-state index contributed by atoms with van der Waals surface area (Å²) in [5, 5.41) is 8.57. The van der Waals surface area contributed by atoms with Crippen LogP contribution in [-0.2, 0) is 0 Å². The Bertz CT molecular complexity index is 751. The van der Waals surface area contributed by atoms with Crippen LogP contribution in [0.4, 0.5) is 0 Å². The van der Waals surface area contributed by atoms with Crippen LogP contribution in [0.1, 0.15) is 10.4 Å². The van der Waals surface area contributed by atoms with E-state index in [9.17, 15) is 19.2 Å². The Kier molecular flexibility index (Phi) is 1.97. The van der Waals surface area contributed by atoms with Crippen LogP contribution >= 0.6 is 0 Å². The van der Waals surface area contributed by atoms with E-state index in [0.717, 1.165) is 6.07 Å². The van der Waals surface area contributed by atoms with Crippen LogP contribution in [0, 0.1) is 0 Å². The summed E-state index contributed by atoms with van der Waals surface area (Å²) in [6.07, 6.45) is 0. The van der Waals surface area contributed by atoms with Crippen LogP contribution in [0.2, 0.25) is 0 Å². The molecule has 2 aromatic heterocycles. The Morgan fingerprint density at radius 3 is 2.38 bits per heavy atom. The molecule has 2 aromatic rings. The average molecular weight is 223 g/mol. The molecular weight excluding hydrogens is 218 g/mol. The van der Waals surface area contributed by atoms with Gasteiger partial charge in [-0.2, -0.15) is 0 Å². The molecule has 0 bridgehead atoms. The number of carbonyl (C=O) groups is 1. The third-order valence-corrected chi connectivity index (χ3v) is 1.98. The molecule has 0 radical (unpaired) electrons. The Hall–Kier alpha value is -2.64. The lowest BCUT2D eigenvalue weighted by Crippen LogP contribution is -2.26. The monoisotopic (exact) mass is 223 g/mol. The molecule has 4 N–H and O–H groups in total. The molecule has 0 aromatic carbocycles. The molecule has 0 aliphatic heterocycles. The summed E-state index contributed by atoms with van der Waals surface area (Å²) in [6.45, 7) is 0. The molecule has 0 aliphatic rings. The first kappa shape index (κ1) is 9.90. The summed E-state index contributed by atoms with van der Waals surface area (Å²) >= 11 is 0. The molecule has 0 saturated carbocycles. The molecule has 2 heterocycles. The molecular formula is C8H5N3O5. The second-order valence-corrected chi connectivity index (χ2v) is 3.01. The molecule has 8 nitrogen and oxygen atoms in total. The van der Waals surface area contributed by atoms with Gasteiger partial charge in [0.15, 0.2) is 0 Å². The predicted octanol–water partition coefficient (Wildman–Crippen LogP) is -1.40. The van der Waals surface area contributed by atoms with E-state index in [4.69, 9.17) is 5.11 Å². The van der Waals surface area contributed by atoms with Crippen molar-refractivity contribution in [2.45, 2.75) is 0 Å². The standard InChI is InChI=1S/C8H5N3O5/c12-5-2-1-3(7(14)15)6(13)9-4(2)10-8(16)11-5/h1H,(H,14,15)(H3,9,10,11,12,13,16). The molecule has 0 amide bonds. The lowest BCUT2D eigenvalue weighted by atomic mass is 10.2. The van der Waals surface area contributed by atoms with Crippen molar-refractivity contribution in [2.75, 3.05) is 0 Å². The van der Waals surface area contributed by atoms with Gasteiger partial charge in [0, 0.05) is 0 Å². The Morgan fingerprint density at radius 1 is 1.06 bits per heavy atom. The van der Waals surface area contributed by atoms with Gasteiger partial charge in [-0.3, -0.25) is 19.6 Å². The fourth-order valence-corrected chi connectivity index (χ4v) is 1.28. The average Bonchev–Trinajstić information content (AvgIpc) is 2.15. The van der Waals surface area contributed by atoms with Gasteiger partial charge in [0.1, 0.15) is 11.2 Å². The minimum atomic E-state index is -1.45. The second kappa shape index (κ2) is 3.19. The van der Waals surface area contributed by atoms with Gasteiger partial charge in [-0.05, 0) is 6.07 Å². The molecule has 16 heavy (non-hydrogen) atoms. The number of H-pyrrole nitrogens is 3. The molecule has 8 heteroatoms. The minimum Gasteiger partial charge on any atom is -0.477 e. The number of fused-ring (bicyclic) bond motifs is 1. The number of hydrogen-bond donors (Lipinski definition) is 4. The van der Waals surface area contributed by atoms with Crippen LogP contribution in [0.15, 0.2) is 20.4 Å². The fourth-order valence-electron chi connectivity index (χ4n) is 1.28. The number of pyridine rings is 1. The molecule has 0 spiro atoms. The highest BCUT2D eigenvalue weighted by molar-refractivity contribution is 5.91. The van der Waals surface area contributed by atoms with E-state index in [1.165, 1.54) is 0 Å². The quantitative estimate of drug-likeness (QED) is 0.471. The highest BCUT2D eigenvalue weighted by Gasteiger charge is 2.12. The number of aromatic nitrogens is 3. The van der Waals surface area contributed by atoms with Crippen molar-refractivity contribution in [3.05, 3.63) is 42.8 Å². The summed E-state index contributed by atoms with van der Waals surface area (Å²) in [4.78, 5) is 50.3. The predicted molar refractivity (Wildman–Crippen MR) is 52.8 cm³/mol. The number of nitrogens with one attached hydrogen (secondary N) is 3. The van der Waals surface area contributed by atoms with Crippen molar-refractivity contribution < 1.29 is 9.90 Å². The van der Waals surface area contributed by atoms with Crippen LogP contribution < -0.4 is 16.8 Å². The van der Waals surface area contributed by atoms with E-state index in [1.54, 1.807) is 0 Å². The van der Waals surface area contributed by atoms with Crippen molar-refractivity contribution in [2.24, 2.45) is 0 Å². The van der Waals surface area contributed by atoms with Crippen LogP contribution in [0.25, 0.3) is 11.0 Å². The zero-order valence-electron chi connectivity index (χ0n) is 7.66. The number of aromatic carboxylic acids is 1. The Morgan fingerprint density at radius 2 is 1.75 bits per heavy atom. The van der Waals surface area contributed by atoms with E-state index >= 15 is 0 Å². The summed E-state index contributed by atoms with van der Waals surface area (Å²) in [6, 6.07) is 0.908. The van der Waals surface area contributed by atoms with Crippen molar-refractivity contribution in [3.63, 3.8) is 0 Å². The van der Waals surface area contributed by atoms with Crippen molar-refractivity contribution >= 4 is 17.0 Å². The normalized spacial score (nSPS) is 10.5. The Labute approximate surface area is 85.6 Å². The van der Waals surface area contributed by atoms with Gasteiger partial charge in [-0.15, -0.1) is 0 Å². The van der Waals surface area contributed by atoms with E-state index in [-0.39, 0.29) is 11.0 Å². The van der Waals surface area contributed by atoms with E-state index < -0.39 is 28.3 Å². The first-order valence-electron chi connectivity index (χ1n) is 4.12. The fraction of sp³-hybridized carbons (Fsp3) is 0. The summed E-state index contributed by atoms with van der Waals surface area (Å²) in [7, 11) is 0. The highest BCUT2D eigenvalue weighted by atomic mass is 16.4. The van der Waals surface area contributed by atoms with Gasteiger partial charge in [0.05, 0.1) is 5.39 Å². The first-order chi connectivity index (χ1) is 7.49. The van der Waals surface area contributed by atoms with E-state index in [2.05, 4.69) is 9.97 Å². The molecule has 2 rings (SSSR count). The van der Waals surface area contributed by atoms with Crippen molar-refractivity contribution in [1.82, 2.24) is 15.0 Å². The maximum Gasteiger partial charge on any atom is 0.341 e. The van der Waals surface area contributed by atoms with E-state index in [1.807, 2.05) is 4.98 Å². The smallest absolute Gasteiger partial charge is 0.341 e. The van der Waals surface area contributed by atoms with Gasteiger partial charge >= 0.3 is 11.7 Å². The summed E-state index contributed by atoms with van der Waals surface area (Å²) in [5.74, 6) is -1.45. The lowest BCUT2D eigenvalue weighted by Gasteiger charge is -1.97. The highest BCUT2D eigenvalue weighted by Crippen LogP contribution is 2.00. The summed E-state index contributed by atoms with van der Waals surface area (Å²) in [5.41, 5.74) is -3.11. The summed E-state index contributed by atoms with van der Waals surface area (Å²) < 4.78 is 0. The molecule has 0 aliphatic carbocycles. The number of rotatable bonds is 1. The van der Waals surface area contributed by atoms with Gasteiger partial charge < -0.3 is 10.1 Å². The molecule has 0 unspecified atom stereocenters. The topological polar surface area (TPSA) is 136 Å². The van der Waals surface area contributed by atoms with Crippen molar-refractivity contribution in [3.8, 4) is 0 Å².